The normalized spacial score (nSPS) is 16.3. The van der Waals surface area contributed by atoms with Gasteiger partial charge >= 0.3 is 0 Å². The summed E-state index contributed by atoms with van der Waals surface area (Å²) in [5, 5.41) is 0. The minimum atomic E-state index is -4.07. The average Bonchev–Trinajstić information content (AvgIpc) is 2.49. The molecule has 0 unspecified atom stereocenters. The maximum Gasteiger partial charge on any atom is 0.238 e. The summed E-state index contributed by atoms with van der Waals surface area (Å²) in [4.78, 5) is 24.0. The summed E-state index contributed by atoms with van der Waals surface area (Å²) >= 11 is 0. The van der Waals surface area contributed by atoms with E-state index < -0.39 is 43.9 Å². The monoisotopic (exact) mass is 346 g/mol. The molecule has 1 aliphatic heterocycles. The van der Waals surface area contributed by atoms with Crippen molar-refractivity contribution >= 4 is 21.7 Å². The summed E-state index contributed by atoms with van der Waals surface area (Å²) in [5.74, 6) is -4.69. The quantitative estimate of drug-likeness (QED) is 0.801. The van der Waals surface area contributed by atoms with Gasteiger partial charge in [-0.25, -0.2) is 17.2 Å². The molecular formula is C14H16F2N2O4S. The first-order valence-corrected chi connectivity index (χ1v) is 8.61. The number of nitrogens with two attached hydrogens (primary N) is 1. The van der Waals surface area contributed by atoms with Crippen molar-refractivity contribution in [1.82, 2.24) is 4.90 Å². The first kappa shape index (κ1) is 17.3. The Morgan fingerprint density at radius 3 is 2.30 bits per heavy atom. The van der Waals surface area contributed by atoms with Crippen LogP contribution in [0, 0.1) is 17.6 Å². The number of carbonyl (C=O) groups is 2. The van der Waals surface area contributed by atoms with Crippen LogP contribution in [0.15, 0.2) is 23.1 Å². The number of nitrogens with zero attached hydrogens (tertiary/aromatic N) is 1. The van der Waals surface area contributed by atoms with Crippen molar-refractivity contribution < 1.29 is 26.8 Å². The molecule has 0 saturated carbocycles. The smallest absolute Gasteiger partial charge is 0.238 e. The molecular weight excluding hydrogens is 330 g/mol. The molecule has 0 aliphatic carbocycles. The van der Waals surface area contributed by atoms with Gasteiger partial charge in [0.1, 0.15) is 5.75 Å². The molecule has 1 heterocycles. The fourth-order valence-corrected chi connectivity index (χ4v) is 3.65. The molecule has 2 rings (SSSR count). The minimum Gasteiger partial charge on any atom is -0.369 e. The lowest BCUT2D eigenvalue weighted by atomic mass is 9.96. The molecule has 1 saturated heterocycles. The number of amides is 2. The Hall–Kier alpha value is -2.03. The lowest BCUT2D eigenvalue weighted by Crippen LogP contribution is -2.43. The van der Waals surface area contributed by atoms with E-state index >= 15 is 0 Å². The highest BCUT2D eigenvalue weighted by molar-refractivity contribution is 7.92. The highest BCUT2D eigenvalue weighted by Gasteiger charge is 2.29. The molecule has 0 bridgehead atoms. The maximum atomic E-state index is 13.1. The highest BCUT2D eigenvalue weighted by Crippen LogP contribution is 2.19. The molecule has 2 amide bonds. The van der Waals surface area contributed by atoms with Crippen molar-refractivity contribution in [3.63, 3.8) is 0 Å². The fourth-order valence-electron chi connectivity index (χ4n) is 2.42. The van der Waals surface area contributed by atoms with Crippen LogP contribution in [-0.4, -0.2) is 44.0 Å². The number of primary amides is 1. The van der Waals surface area contributed by atoms with Crippen molar-refractivity contribution in [2.45, 2.75) is 17.7 Å². The van der Waals surface area contributed by atoms with Crippen LogP contribution < -0.4 is 5.73 Å². The van der Waals surface area contributed by atoms with Crippen molar-refractivity contribution in [2.75, 3.05) is 18.8 Å². The first-order valence-electron chi connectivity index (χ1n) is 6.95. The van der Waals surface area contributed by atoms with Crippen molar-refractivity contribution in [2.24, 2.45) is 11.7 Å². The Morgan fingerprint density at radius 2 is 1.78 bits per heavy atom. The van der Waals surface area contributed by atoms with E-state index in [1.54, 1.807) is 0 Å². The van der Waals surface area contributed by atoms with Crippen LogP contribution in [-0.2, 0) is 19.4 Å². The lowest BCUT2D eigenvalue weighted by Gasteiger charge is -2.30. The molecule has 0 atom stereocenters. The molecule has 6 nitrogen and oxygen atoms in total. The van der Waals surface area contributed by atoms with Gasteiger partial charge in [0, 0.05) is 19.0 Å². The third-order valence-corrected chi connectivity index (χ3v) is 5.41. The number of sulfone groups is 1. The van der Waals surface area contributed by atoms with Gasteiger partial charge in [0.05, 0.1) is 4.90 Å². The van der Waals surface area contributed by atoms with E-state index in [2.05, 4.69) is 0 Å². The zero-order valence-corrected chi connectivity index (χ0v) is 13.0. The Kier molecular flexibility index (Phi) is 4.98. The van der Waals surface area contributed by atoms with Crippen LogP contribution in [0.4, 0.5) is 8.78 Å². The molecule has 0 spiro atoms. The third kappa shape index (κ3) is 4.04. The summed E-state index contributed by atoms with van der Waals surface area (Å²) in [6.07, 6.45) is 0.762. The number of carbonyl (C=O) groups excluding carboxylic acids is 2. The van der Waals surface area contributed by atoms with Crippen LogP contribution in [0.2, 0.25) is 0 Å². The average molecular weight is 346 g/mol. The summed E-state index contributed by atoms with van der Waals surface area (Å²) in [6.45, 7) is 0.472. The molecule has 1 aliphatic rings. The van der Waals surface area contributed by atoms with Crippen LogP contribution in [0.1, 0.15) is 12.8 Å². The van der Waals surface area contributed by atoms with Gasteiger partial charge in [-0.1, -0.05) is 0 Å². The Labute approximate surface area is 132 Å². The maximum absolute atomic E-state index is 13.1. The van der Waals surface area contributed by atoms with Crippen molar-refractivity contribution in [1.29, 1.82) is 0 Å². The van der Waals surface area contributed by atoms with Gasteiger partial charge in [-0.05, 0) is 31.0 Å². The first-order chi connectivity index (χ1) is 10.7. The molecule has 2 N–H and O–H groups in total. The number of likely N-dealkylation sites (tertiary alicyclic amines) is 1. The molecule has 0 aromatic heterocycles. The van der Waals surface area contributed by atoms with Gasteiger partial charge < -0.3 is 10.6 Å². The van der Waals surface area contributed by atoms with Gasteiger partial charge in [0.25, 0.3) is 0 Å². The molecule has 126 valence electrons. The standard InChI is InChI=1S/C14H16F2N2O4S/c15-11-2-1-10(7-12(11)16)23(21,22)8-13(19)18-5-3-9(4-6-18)14(17)20/h1-2,7,9H,3-6,8H2,(H2,17,20). The largest absolute Gasteiger partial charge is 0.369 e. The van der Waals surface area contributed by atoms with Crippen LogP contribution in [0.3, 0.4) is 0 Å². The summed E-state index contributed by atoms with van der Waals surface area (Å²) in [6, 6.07) is 2.17. The van der Waals surface area contributed by atoms with E-state index in [9.17, 15) is 26.8 Å². The van der Waals surface area contributed by atoms with Crippen LogP contribution in [0.25, 0.3) is 0 Å². The van der Waals surface area contributed by atoms with Crippen molar-refractivity contribution in [3.8, 4) is 0 Å². The predicted octanol–water partition coefficient (Wildman–Crippen LogP) is 0.462. The number of halogens is 2. The second-order valence-corrected chi connectivity index (χ2v) is 7.38. The topological polar surface area (TPSA) is 97.5 Å². The van der Waals surface area contributed by atoms with Crippen molar-refractivity contribution in [3.05, 3.63) is 29.8 Å². The number of benzene rings is 1. The SMILES string of the molecule is NC(=O)C1CCN(C(=O)CS(=O)(=O)c2ccc(F)c(F)c2)CC1. The molecule has 1 fully saturated rings. The number of hydrogen-bond donors (Lipinski definition) is 1. The molecule has 23 heavy (non-hydrogen) atoms. The van der Waals surface area contributed by atoms with Gasteiger partial charge in [-0.2, -0.15) is 0 Å². The Morgan fingerprint density at radius 1 is 1.17 bits per heavy atom. The summed E-state index contributed by atoms with van der Waals surface area (Å²) in [7, 11) is -4.07. The third-order valence-electron chi connectivity index (χ3n) is 3.81. The Bertz CT molecular complexity index is 728. The lowest BCUT2D eigenvalue weighted by molar-refractivity contribution is -0.132. The molecule has 1 aromatic carbocycles. The van der Waals surface area contributed by atoms with Gasteiger partial charge in [-0.15, -0.1) is 0 Å². The zero-order valence-electron chi connectivity index (χ0n) is 12.2. The molecule has 9 heteroatoms. The number of rotatable bonds is 4. The molecule has 1 aromatic rings. The van der Waals surface area contributed by atoms with Crippen LogP contribution >= 0.6 is 0 Å². The second kappa shape index (κ2) is 6.61. The summed E-state index contributed by atoms with van der Waals surface area (Å²) in [5.41, 5.74) is 5.19. The highest BCUT2D eigenvalue weighted by atomic mass is 32.2. The summed E-state index contributed by atoms with van der Waals surface area (Å²) < 4.78 is 50.2. The van der Waals surface area contributed by atoms with Gasteiger partial charge in [0.15, 0.2) is 21.5 Å². The predicted molar refractivity (Wildman–Crippen MR) is 76.9 cm³/mol. The fraction of sp³-hybridized carbons (Fsp3) is 0.429. The number of piperidine rings is 1. The van der Waals surface area contributed by atoms with E-state index in [4.69, 9.17) is 5.73 Å². The van der Waals surface area contributed by atoms with E-state index in [1.807, 2.05) is 0 Å². The van der Waals surface area contributed by atoms with E-state index in [0.717, 1.165) is 6.07 Å². The molecule has 0 radical (unpaired) electrons. The number of hydrogen-bond acceptors (Lipinski definition) is 4. The van der Waals surface area contributed by atoms with Crippen LogP contribution in [0.5, 0.6) is 0 Å². The van der Waals surface area contributed by atoms with E-state index in [-0.39, 0.29) is 19.0 Å². The van der Waals surface area contributed by atoms with Gasteiger partial charge in [0.2, 0.25) is 11.8 Å². The second-order valence-electron chi connectivity index (χ2n) is 5.39. The van der Waals surface area contributed by atoms with E-state index in [1.165, 1.54) is 4.90 Å². The minimum absolute atomic E-state index is 0.236. The van der Waals surface area contributed by atoms with Gasteiger partial charge in [-0.3, -0.25) is 9.59 Å². The Balaban J connectivity index is 2.04. The zero-order chi connectivity index (χ0) is 17.2. The van der Waals surface area contributed by atoms with E-state index in [0.29, 0.717) is 25.0 Å².